The molecule has 1 heterocycles. The van der Waals surface area contributed by atoms with Crippen LogP contribution in [0.3, 0.4) is 0 Å². The summed E-state index contributed by atoms with van der Waals surface area (Å²) in [6, 6.07) is 0.0959. The highest BCUT2D eigenvalue weighted by atomic mass is 16.3. The van der Waals surface area contributed by atoms with E-state index in [4.69, 9.17) is 0 Å². The lowest BCUT2D eigenvalue weighted by Gasteiger charge is -2.16. The molecule has 0 aliphatic rings. The largest absolute Gasteiger partial charge is 0.492 e. The Kier molecular flexibility index (Phi) is 3.34. The summed E-state index contributed by atoms with van der Waals surface area (Å²) in [4.78, 5) is 0. The summed E-state index contributed by atoms with van der Waals surface area (Å²) >= 11 is 0. The van der Waals surface area contributed by atoms with Crippen molar-refractivity contribution in [2.45, 2.75) is 39.2 Å². The first-order chi connectivity index (χ1) is 6.88. The van der Waals surface area contributed by atoms with Gasteiger partial charge in [-0.2, -0.15) is 0 Å². The van der Waals surface area contributed by atoms with Crippen LogP contribution < -0.4 is 5.32 Å². The molecule has 0 fully saturated rings. The molecule has 0 saturated carbocycles. The van der Waals surface area contributed by atoms with Crippen molar-refractivity contribution in [2.75, 3.05) is 13.6 Å². The van der Waals surface area contributed by atoms with Crippen LogP contribution in [0.5, 0.6) is 5.88 Å². The van der Waals surface area contributed by atoms with Crippen LogP contribution in [0.25, 0.3) is 0 Å². The summed E-state index contributed by atoms with van der Waals surface area (Å²) in [7, 11) is 1.87. The minimum absolute atomic E-state index is 0.0959. The third kappa shape index (κ3) is 2.47. The van der Waals surface area contributed by atoms with Gasteiger partial charge in [0.15, 0.2) is 0 Å². The van der Waals surface area contributed by atoms with E-state index in [2.05, 4.69) is 15.6 Å². The maximum Gasteiger partial charge on any atom is 0.234 e. The number of likely N-dealkylation sites (N-methyl/N-ethyl adjacent to an activating group) is 1. The monoisotopic (exact) mass is 212 g/mol. The summed E-state index contributed by atoms with van der Waals surface area (Å²) in [6.07, 6.45) is 0. The summed E-state index contributed by atoms with van der Waals surface area (Å²) in [5, 5.41) is 21.0. The lowest BCUT2D eigenvalue weighted by molar-refractivity contribution is 0.351. The van der Waals surface area contributed by atoms with Gasteiger partial charge in [-0.15, -0.1) is 5.10 Å². The van der Waals surface area contributed by atoms with Crippen molar-refractivity contribution in [1.82, 2.24) is 20.3 Å². The van der Waals surface area contributed by atoms with Crippen LogP contribution in [0.4, 0.5) is 0 Å². The van der Waals surface area contributed by atoms with Gasteiger partial charge in [-0.3, -0.25) is 0 Å². The molecule has 0 aliphatic carbocycles. The molecular weight excluding hydrogens is 192 g/mol. The standard InChI is InChI=1S/C10H20N4O/c1-7(6-11-5)14-9(15)8(12-13-14)10(2,3)4/h7,11,15H,6H2,1-5H3. The topological polar surface area (TPSA) is 63.0 Å². The molecule has 1 aromatic rings. The molecule has 0 spiro atoms. The average Bonchev–Trinajstić information content (AvgIpc) is 2.46. The number of hydrogen-bond acceptors (Lipinski definition) is 4. The Labute approximate surface area is 90.5 Å². The zero-order valence-electron chi connectivity index (χ0n) is 10.1. The molecule has 2 N–H and O–H groups in total. The smallest absolute Gasteiger partial charge is 0.234 e. The fraction of sp³-hybridized carbons (Fsp3) is 0.800. The molecule has 1 atom stereocenters. The summed E-state index contributed by atoms with van der Waals surface area (Å²) < 4.78 is 1.55. The van der Waals surface area contributed by atoms with E-state index in [0.717, 1.165) is 6.54 Å². The molecule has 0 bridgehead atoms. The van der Waals surface area contributed by atoms with Crippen molar-refractivity contribution >= 4 is 0 Å². The van der Waals surface area contributed by atoms with Gasteiger partial charge in [-0.1, -0.05) is 26.0 Å². The zero-order valence-corrected chi connectivity index (χ0v) is 10.1. The highest BCUT2D eigenvalue weighted by Gasteiger charge is 2.25. The van der Waals surface area contributed by atoms with Crippen molar-refractivity contribution in [3.63, 3.8) is 0 Å². The maximum absolute atomic E-state index is 9.97. The molecule has 5 nitrogen and oxygen atoms in total. The third-order valence-electron chi connectivity index (χ3n) is 2.30. The Balaban J connectivity index is 2.99. The van der Waals surface area contributed by atoms with Crippen LogP contribution in [0, 0.1) is 0 Å². The quantitative estimate of drug-likeness (QED) is 0.786. The first-order valence-electron chi connectivity index (χ1n) is 5.17. The van der Waals surface area contributed by atoms with Crippen LogP contribution in [0.1, 0.15) is 39.4 Å². The lowest BCUT2D eigenvalue weighted by atomic mass is 9.92. The van der Waals surface area contributed by atoms with E-state index in [9.17, 15) is 5.11 Å². The minimum Gasteiger partial charge on any atom is -0.492 e. The van der Waals surface area contributed by atoms with Crippen molar-refractivity contribution in [3.8, 4) is 5.88 Å². The predicted molar refractivity (Wildman–Crippen MR) is 59.0 cm³/mol. The Morgan fingerprint density at radius 1 is 1.47 bits per heavy atom. The maximum atomic E-state index is 9.97. The van der Waals surface area contributed by atoms with Gasteiger partial charge in [0.05, 0.1) is 6.04 Å². The summed E-state index contributed by atoms with van der Waals surface area (Å²) in [5.41, 5.74) is 0.465. The highest BCUT2D eigenvalue weighted by molar-refractivity contribution is 5.23. The second-order valence-electron chi connectivity index (χ2n) is 4.86. The highest BCUT2D eigenvalue weighted by Crippen LogP contribution is 2.29. The Morgan fingerprint density at radius 3 is 2.47 bits per heavy atom. The van der Waals surface area contributed by atoms with Gasteiger partial charge in [-0.05, 0) is 14.0 Å². The molecule has 0 aromatic carbocycles. The molecule has 5 heteroatoms. The molecule has 0 saturated heterocycles. The Morgan fingerprint density at radius 2 is 2.07 bits per heavy atom. The van der Waals surface area contributed by atoms with Crippen molar-refractivity contribution < 1.29 is 5.11 Å². The Bertz CT molecular complexity index is 327. The van der Waals surface area contributed by atoms with E-state index in [0.29, 0.717) is 5.69 Å². The van der Waals surface area contributed by atoms with E-state index < -0.39 is 0 Å². The molecule has 86 valence electrons. The Hall–Kier alpha value is -1.10. The number of hydrogen-bond donors (Lipinski definition) is 2. The van der Waals surface area contributed by atoms with Gasteiger partial charge in [0, 0.05) is 12.0 Å². The number of rotatable bonds is 3. The zero-order chi connectivity index (χ0) is 11.6. The van der Waals surface area contributed by atoms with Gasteiger partial charge < -0.3 is 10.4 Å². The average molecular weight is 212 g/mol. The molecule has 1 aromatic heterocycles. The third-order valence-corrected chi connectivity index (χ3v) is 2.30. The van der Waals surface area contributed by atoms with Crippen molar-refractivity contribution in [1.29, 1.82) is 0 Å². The van der Waals surface area contributed by atoms with Gasteiger partial charge in [-0.25, -0.2) is 4.68 Å². The van der Waals surface area contributed by atoms with E-state index in [1.165, 1.54) is 0 Å². The number of nitrogens with one attached hydrogen (secondary N) is 1. The predicted octanol–water partition coefficient (Wildman–Crippen LogP) is 1.06. The van der Waals surface area contributed by atoms with Crippen LogP contribution in [0.15, 0.2) is 0 Å². The molecule has 0 radical (unpaired) electrons. The van der Waals surface area contributed by atoms with Crippen LogP contribution in [0.2, 0.25) is 0 Å². The van der Waals surface area contributed by atoms with Gasteiger partial charge in [0.25, 0.3) is 0 Å². The van der Waals surface area contributed by atoms with E-state index in [1.54, 1.807) is 4.68 Å². The molecule has 0 aliphatic heterocycles. The first kappa shape index (κ1) is 12.0. The van der Waals surface area contributed by atoms with Crippen molar-refractivity contribution in [2.24, 2.45) is 0 Å². The number of aromatic nitrogens is 3. The SMILES string of the molecule is CNCC(C)n1nnc(C(C)(C)C)c1O. The fourth-order valence-electron chi connectivity index (χ4n) is 1.45. The van der Waals surface area contributed by atoms with Gasteiger partial charge in [0.2, 0.25) is 5.88 Å². The second kappa shape index (κ2) is 4.18. The molecule has 15 heavy (non-hydrogen) atoms. The van der Waals surface area contributed by atoms with Crippen molar-refractivity contribution in [3.05, 3.63) is 5.69 Å². The van der Waals surface area contributed by atoms with Crippen LogP contribution in [-0.2, 0) is 5.41 Å². The summed E-state index contributed by atoms with van der Waals surface area (Å²) in [5.74, 6) is 0.172. The molecule has 0 amide bonds. The van der Waals surface area contributed by atoms with Crippen LogP contribution in [-0.4, -0.2) is 33.7 Å². The molecular formula is C10H20N4O. The van der Waals surface area contributed by atoms with Gasteiger partial charge >= 0.3 is 0 Å². The van der Waals surface area contributed by atoms with E-state index in [-0.39, 0.29) is 17.3 Å². The van der Waals surface area contributed by atoms with Crippen LogP contribution >= 0.6 is 0 Å². The summed E-state index contributed by atoms with van der Waals surface area (Å²) in [6.45, 7) is 8.75. The normalized spacial score (nSPS) is 14.2. The van der Waals surface area contributed by atoms with E-state index in [1.807, 2.05) is 34.7 Å². The van der Waals surface area contributed by atoms with Gasteiger partial charge in [0.1, 0.15) is 5.69 Å². The number of aromatic hydroxyl groups is 1. The fourth-order valence-corrected chi connectivity index (χ4v) is 1.45. The molecule has 1 unspecified atom stereocenters. The van der Waals surface area contributed by atoms with E-state index >= 15 is 0 Å². The minimum atomic E-state index is -0.179. The lowest BCUT2D eigenvalue weighted by Crippen LogP contribution is -2.20. The molecule has 1 rings (SSSR count). The second-order valence-corrected chi connectivity index (χ2v) is 4.86. The number of nitrogens with zero attached hydrogens (tertiary/aromatic N) is 3. The first-order valence-corrected chi connectivity index (χ1v) is 5.17.